The van der Waals surface area contributed by atoms with E-state index in [1.54, 1.807) is 24.3 Å². The molecule has 1 aromatic carbocycles. The summed E-state index contributed by atoms with van der Waals surface area (Å²) < 4.78 is 5.04. The molecule has 27 heavy (non-hydrogen) atoms. The number of non-ortho nitro benzene ring substituents is 1. The molecule has 0 aromatic heterocycles. The number of carbonyl (C=O) groups excluding carboxylic acids is 1. The number of nitrogens with zero attached hydrogens (tertiary/aromatic N) is 2. The highest BCUT2D eigenvalue weighted by Crippen LogP contribution is 2.18. The van der Waals surface area contributed by atoms with Gasteiger partial charge in [-0.1, -0.05) is 30.4 Å². The van der Waals surface area contributed by atoms with Gasteiger partial charge >= 0.3 is 0 Å². The highest BCUT2D eigenvalue weighted by atomic mass is 16.6. The fraction of sp³-hybridized carbons (Fsp3) is 0.0952. The van der Waals surface area contributed by atoms with Crippen molar-refractivity contribution in [3.63, 3.8) is 0 Å². The van der Waals surface area contributed by atoms with Crippen LogP contribution in [0.1, 0.15) is 5.56 Å². The van der Waals surface area contributed by atoms with Gasteiger partial charge in [0.05, 0.1) is 12.0 Å². The molecule has 6 nitrogen and oxygen atoms in total. The maximum absolute atomic E-state index is 11.5. The van der Waals surface area contributed by atoms with Crippen LogP contribution in [0.4, 0.5) is 5.69 Å². The Morgan fingerprint density at radius 3 is 2.33 bits per heavy atom. The highest BCUT2D eigenvalue weighted by Gasteiger charge is 2.10. The van der Waals surface area contributed by atoms with Crippen molar-refractivity contribution in [2.45, 2.75) is 6.54 Å². The van der Waals surface area contributed by atoms with E-state index in [9.17, 15) is 14.9 Å². The summed E-state index contributed by atoms with van der Waals surface area (Å²) in [7, 11) is 1.48. The molecule has 1 heterocycles. The van der Waals surface area contributed by atoms with Crippen molar-refractivity contribution in [3.8, 4) is 0 Å². The summed E-state index contributed by atoms with van der Waals surface area (Å²) in [5.41, 5.74) is 2.97. The molecule has 0 N–H and O–H groups in total. The molecule has 0 saturated heterocycles. The van der Waals surface area contributed by atoms with Crippen molar-refractivity contribution in [2.75, 3.05) is 7.11 Å². The molecule has 2 aliphatic rings. The molecule has 0 atom stereocenters. The molecule has 6 heteroatoms. The molecule has 0 unspecified atom stereocenters. The van der Waals surface area contributed by atoms with E-state index >= 15 is 0 Å². The maximum atomic E-state index is 11.5. The topological polar surface area (TPSA) is 72.7 Å². The monoisotopic (exact) mass is 362 g/mol. The number of hydrogen-bond donors (Lipinski definition) is 0. The van der Waals surface area contributed by atoms with Gasteiger partial charge in [0, 0.05) is 31.1 Å². The summed E-state index contributed by atoms with van der Waals surface area (Å²) in [6.45, 7) is 0.629. The lowest BCUT2D eigenvalue weighted by atomic mass is 10.1. The summed E-state index contributed by atoms with van der Waals surface area (Å²) in [6, 6.07) is 6.53. The smallest absolute Gasteiger partial charge is 0.269 e. The molecular weight excluding hydrogens is 344 g/mol. The van der Waals surface area contributed by atoms with Crippen LogP contribution in [-0.4, -0.2) is 22.7 Å². The third kappa shape index (κ3) is 4.70. The molecule has 1 aliphatic carbocycles. The summed E-state index contributed by atoms with van der Waals surface area (Å²) >= 11 is 0. The van der Waals surface area contributed by atoms with E-state index in [2.05, 4.69) is 0 Å². The number of rotatable bonds is 5. The summed E-state index contributed by atoms with van der Waals surface area (Å²) in [5.74, 6) is 0.188. The van der Waals surface area contributed by atoms with Gasteiger partial charge in [-0.15, -0.1) is 0 Å². The Bertz CT molecular complexity index is 915. The normalized spacial score (nSPS) is 17.3. The van der Waals surface area contributed by atoms with Crippen molar-refractivity contribution in [1.29, 1.82) is 0 Å². The zero-order valence-electron chi connectivity index (χ0n) is 14.7. The van der Waals surface area contributed by atoms with Crippen molar-refractivity contribution >= 4 is 11.5 Å². The lowest BCUT2D eigenvalue weighted by Gasteiger charge is -2.18. The lowest BCUT2D eigenvalue weighted by Crippen LogP contribution is -2.11. The Hall–Kier alpha value is -3.67. The highest BCUT2D eigenvalue weighted by molar-refractivity contribution is 6.04. The minimum absolute atomic E-state index is 0.0888. The van der Waals surface area contributed by atoms with Crippen LogP contribution in [0, 0.1) is 10.1 Å². The molecule has 0 spiro atoms. The number of allylic oxidation sites excluding steroid dienone is 9. The van der Waals surface area contributed by atoms with Gasteiger partial charge in [-0.2, -0.15) is 0 Å². The van der Waals surface area contributed by atoms with Gasteiger partial charge in [-0.05, 0) is 41.0 Å². The fourth-order valence-electron chi connectivity index (χ4n) is 2.60. The first-order chi connectivity index (χ1) is 13.0. The average Bonchev–Trinajstić information content (AvgIpc) is 2.69. The van der Waals surface area contributed by atoms with Gasteiger partial charge in [0.25, 0.3) is 5.69 Å². The number of methoxy groups -OCH3 is 1. The summed E-state index contributed by atoms with van der Waals surface area (Å²) in [6.07, 6.45) is 16.7. The summed E-state index contributed by atoms with van der Waals surface area (Å²) in [5, 5.41) is 10.7. The number of benzene rings is 1. The third-order valence-electron chi connectivity index (χ3n) is 4.09. The molecular formula is C21H18N2O4. The van der Waals surface area contributed by atoms with Gasteiger partial charge < -0.3 is 9.64 Å². The van der Waals surface area contributed by atoms with Crippen LogP contribution in [-0.2, 0) is 16.1 Å². The SMILES string of the molecule is COC1=CC(=CC=C2C=CN(Cc3ccc([N+](=O)[O-])cc3)C=C2)C=CC1=O. The van der Waals surface area contributed by atoms with E-state index in [0.717, 1.165) is 16.7 Å². The lowest BCUT2D eigenvalue weighted by molar-refractivity contribution is -0.384. The first kappa shape index (κ1) is 18.1. The molecule has 136 valence electrons. The zero-order chi connectivity index (χ0) is 19.2. The van der Waals surface area contributed by atoms with E-state index in [1.165, 1.54) is 25.3 Å². The van der Waals surface area contributed by atoms with Gasteiger partial charge in [0.2, 0.25) is 5.78 Å². The number of nitro groups is 1. The van der Waals surface area contributed by atoms with Gasteiger partial charge in [0.1, 0.15) is 0 Å². The predicted octanol–water partition coefficient (Wildman–Crippen LogP) is 3.96. The minimum Gasteiger partial charge on any atom is -0.493 e. The fourth-order valence-corrected chi connectivity index (χ4v) is 2.60. The quantitative estimate of drug-likeness (QED) is 0.586. The standard InChI is InChI=1S/C21H18N2O4/c1-27-21-14-17(6-9-20(21)24)3-2-16-10-12-22(13-11-16)15-18-4-7-19(8-5-18)23(25)26/h2-14H,15H2,1H3. The van der Waals surface area contributed by atoms with Crippen LogP contribution in [0.25, 0.3) is 0 Å². The van der Waals surface area contributed by atoms with Crippen LogP contribution in [0.5, 0.6) is 0 Å². The largest absolute Gasteiger partial charge is 0.493 e. The molecule has 0 radical (unpaired) electrons. The Morgan fingerprint density at radius 2 is 1.70 bits per heavy atom. The second-order valence-electron chi connectivity index (χ2n) is 5.97. The number of carbonyl (C=O) groups is 1. The second kappa shape index (κ2) is 8.14. The van der Waals surface area contributed by atoms with Crippen LogP contribution in [0.15, 0.2) is 96.1 Å². The Morgan fingerprint density at radius 1 is 1.04 bits per heavy atom. The van der Waals surface area contributed by atoms with Crippen LogP contribution < -0.4 is 0 Å². The van der Waals surface area contributed by atoms with E-state index in [1.807, 2.05) is 41.6 Å². The molecule has 0 bridgehead atoms. The minimum atomic E-state index is -0.405. The Labute approximate surface area is 156 Å². The van der Waals surface area contributed by atoms with Crippen molar-refractivity contribution in [3.05, 3.63) is 112 Å². The molecule has 0 fully saturated rings. The van der Waals surface area contributed by atoms with Gasteiger partial charge in [-0.25, -0.2) is 0 Å². The van der Waals surface area contributed by atoms with Crippen molar-refractivity contribution < 1.29 is 14.5 Å². The van der Waals surface area contributed by atoms with Gasteiger partial charge in [-0.3, -0.25) is 14.9 Å². The summed E-state index contributed by atoms with van der Waals surface area (Å²) in [4.78, 5) is 23.8. The third-order valence-corrected chi connectivity index (χ3v) is 4.09. The van der Waals surface area contributed by atoms with Crippen LogP contribution in [0.3, 0.4) is 0 Å². The molecule has 0 saturated carbocycles. The maximum Gasteiger partial charge on any atom is 0.269 e. The molecule has 1 aliphatic heterocycles. The van der Waals surface area contributed by atoms with E-state index < -0.39 is 4.92 Å². The Balaban J connectivity index is 1.62. The first-order valence-electron chi connectivity index (χ1n) is 8.31. The van der Waals surface area contributed by atoms with E-state index in [0.29, 0.717) is 12.3 Å². The Kier molecular flexibility index (Phi) is 5.47. The van der Waals surface area contributed by atoms with Crippen molar-refractivity contribution in [1.82, 2.24) is 4.90 Å². The predicted molar refractivity (Wildman–Crippen MR) is 102 cm³/mol. The number of hydrogen-bond acceptors (Lipinski definition) is 5. The number of ketones is 1. The molecule has 0 amide bonds. The molecule has 3 rings (SSSR count). The molecule has 1 aromatic rings. The van der Waals surface area contributed by atoms with E-state index in [4.69, 9.17) is 4.74 Å². The zero-order valence-corrected chi connectivity index (χ0v) is 14.7. The van der Waals surface area contributed by atoms with Crippen LogP contribution >= 0.6 is 0 Å². The number of nitro benzene ring substituents is 1. The van der Waals surface area contributed by atoms with Crippen LogP contribution in [0.2, 0.25) is 0 Å². The van der Waals surface area contributed by atoms with E-state index in [-0.39, 0.29) is 11.5 Å². The second-order valence-corrected chi connectivity index (χ2v) is 5.97. The van der Waals surface area contributed by atoms with Gasteiger partial charge in [0.15, 0.2) is 5.76 Å². The average molecular weight is 362 g/mol. The first-order valence-corrected chi connectivity index (χ1v) is 8.31. The van der Waals surface area contributed by atoms with Crippen molar-refractivity contribution in [2.24, 2.45) is 0 Å². The number of ether oxygens (including phenoxy) is 1.